The lowest BCUT2D eigenvalue weighted by Gasteiger charge is -2.23. The molecule has 1 atom stereocenters. The number of carboxylic acids is 1. The SMILES string of the molecule is O=C(O)[C@@H](Cc1ccccc1)N1C(=O)/C(=C/c2ccc(-c3ccc([N+](=O)[O-])cc3)o2)SC1=S. The van der Waals surface area contributed by atoms with Crippen molar-refractivity contribution in [2.24, 2.45) is 0 Å². The van der Waals surface area contributed by atoms with Crippen molar-refractivity contribution in [3.8, 4) is 11.3 Å². The Labute approximate surface area is 197 Å². The lowest BCUT2D eigenvalue weighted by Crippen LogP contribution is -2.45. The Balaban J connectivity index is 1.55. The van der Waals surface area contributed by atoms with Gasteiger partial charge >= 0.3 is 5.97 Å². The van der Waals surface area contributed by atoms with Gasteiger partial charge in [0, 0.05) is 30.2 Å². The largest absolute Gasteiger partial charge is 0.480 e. The lowest BCUT2D eigenvalue weighted by atomic mass is 10.0. The Morgan fingerprint density at radius 3 is 2.48 bits per heavy atom. The lowest BCUT2D eigenvalue weighted by molar-refractivity contribution is -0.384. The van der Waals surface area contributed by atoms with Crippen LogP contribution in [0.3, 0.4) is 0 Å². The van der Waals surface area contributed by atoms with Crippen LogP contribution in [0.5, 0.6) is 0 Å². The van der Waals surface area contributed by atoms with Gasteiger partial charge in [0.2, 0.25) is 0 Å². The van der Waals surface area contributed by atoms with Gasteiger partial charge in [0.05, 0.1) is 9.83 Å². The van der Waals surface area contributed by atoms with Crippen molar-refractivity contribution in [1.82, 2.24) is 4.90 Å². The van der Waals surface area contributed by atoms with E-state index in [0.717, 1.165) is 22.2 Å². The minimum atomic E-state index is -1.14. The monoisotopic (exact) mass is 480 g/mol. The fourth-order valence-corrected chi connectivity index (χ4v) is 4.67. The molecule has 0 radical (unpaired) electrons. The molecule has 10 heteroatoms. The Hall–Kier alpha value is -3.76. The fourth-order valence-electron chi connectivity index (χ4n) is 3.34. The summed E-state index contributed by atoms with van der Waals surface area (Å²) in [4.78, 5) is 36.7. The van der Waals surface area contributed by atoms with E-state index in [4.69, 9.17) is 16.6 Å². The molecule has 4 rings (SSSR count). The number of hydrogen-bond acceptors (Lipinski definition) is 7. The standard InChI is InChI=1S/C23H16N2O6S2/c26-21-20(13-17-10-11-19(31-17)15-6-8-16(9-7-15)25(29)30)33-23(32)24(21)18(22(27)28)12-14-4-2-1-3-5-14/h1-11,13,18H,12H2,(H,27,28)/b20-13-/t18-/m1/s1. The second kappa shape index (κ2) is 9.39. The second-order valence-corrected chi connectivity index (χ2v) is 8.78. The molecule has 8 nitrogen and oxygen atoms in total. The van der Waals surface area contributed by atoms with Gasteiger partial charge in [-0.25, -0.2) is 4.79 Å². The predicted molar refractivity (Wildman–Crippen MR) is 127 cm³/mol. The maximum absolute atomic E-state index is 13.0. The summed E-state index contributed by atoms with van der Waals surface area (Å²) in [6.07, 6.45) is 1.64. The van der Waals surface area contributed by atoms with Crippen LogP contribution in [0.4, 0.5) is 5.69 Å². The number of thiocarbonyl (C=S) groups is 1. The Kier molecular flexibility index (Phi) is 6.38. The molecule has 2 aromatic carbocycles. The third kappa shape index (κ3) is 4.86. The van der Waals surface area contributed by atoms with Crippen LogP contribution in [0.1, 0.15) is 11.3 Å². The summed E-state index contributed by atoms with van der Waals surface area (Å²) in [5, 5.41) is 20.6. The molecule has 166 valence electrons. The zero-order valence-electron chi connectivity index (χ0n) is 16.9. The molecular weight excluding hydrogens is 464 g/mol. The van der Waals surface area contributed by atoms with Crippen molar-refractivity contribution in [2.75, 3.05) is 0 Å². The van der Waals surface area contributed by atoms with Gasteiger partial charge < -0.3 is 9.52 Å². The smallest absolute Gasteiger partial charge is 0.327 e. The number of nitro groups is 1. The van der Waals surface area contributed by atoms with Crippen molar-refractivity contribution in [2.45, 2.75) is 12.5 Å². The topological polar surface area (TPSA) is 114 Å². The van der Waals surface area contributed by atoms with Gasteiger partial charge in [0.25, 0.3) is 11.6 Å². The van der Waals surface area contributed by atoms with Crippen LogP contribution in [-0.2, 0) is 16.0 Å². The molecule has 1 saturated heterocycles. The second-order valence-electron chi connectivity index (χ2n) is 7.10. The van der Waals surface area contributed by atoms with Crippen LogP contribution in [0.25, 0.3) is 17.4 Å². The van der Waals surface area contributed by atoms with Gasteiger partial charge in [0.1, 0.15) is 21.9 Å². The normalized spacial score (nSPS) is 15.8. The van der Waals surface area contributed by atoms with Gasteiger partial charge in [0.15, 0.2) is 0 Å². The highest BCUT2D eigenvalue weighted by molar-refractivity contribution is 8.26. The number of nitro benzene ring substituents is 1. The summed E-state index contributed by atoms with van der Waals surface area (Å²) < 4.78 is 5.93. The molecule has 1 aliphatic heterocycles. The maximum Gasteiger partial charge on any atom is 0.327 e. The van der Waals surface area contributed by atoms with E-state index in [1.54, 1.807) is 48.5 Å². The Morgan fingerprint density at radius 1 is 1.15 bits per heavy atom. The molecule has 33 heavy (non-hydrogen) atoms. The molecule has 0 aliphatic carbocycles. The van der Waals surface area contributed by atoms with Crippen molar-refractivity contribution < 1.29 is 24.0 Å². The number of rotatable bonds is 7. The van der Waals surface area contributed by atoms with Crippen LogP contribution < -0.4 is 0 Å². The summed E-state index contributed by atoms with van der Waals surface area (Å²) in [6.45, 7) is 0. The van der Waals surface area contributed by atoms with Crippen LogP contribution in [0.2, 0.25) is 0 Å². The number of carboxylic acid groups (broad SMARTS) is 1. The molecule has 0 spiro atoms. The molecule has 2 heterocycles. The van der Waals surface area contributed by atoms with E-state index in [9.17, 15) is 24.8 Å². The number of furan rings is 1. The molecule has 1 aromatic heterocycles. The zero-order valence-corrected chi connectivity index (χ0v) is 18.5. The quantitative estimate of drug-likeness (QED) is 0.223. The third-order valence-electron chi connectivity index (χ3n) is 4.95. The van der Waals surface area contributed by atoms with Gasteiger partial charge in [-0.3, -0.25) is 19.8 Å². The molecule has 0 unspecified atom stereocenters. The van der Waals surface area contributed by atoms with E-state index in [1.165, 1.54) is 18.2 Å². The van der Waals surface area contributed by atoms with E-state index < -0.39 is 22.8 Å². The van der Waals surface area contributed by atoms with Gasteiger partial charge in [-0.2, -0.15) is 0 Å². The first-order valence-corrected chi connectivity index (χ1v) is 10.9. The molecule has 3 aromatic rings. The summed E-state index contributed by atoms with van der Waals surface area (Å²) in [5.41, 5.74) is 1.39. The van der Waals surface area contributed by atoms with E-state index in [2.05, 4.69) is 0 Å². The average Bonchev–Trinajstić information content (AvgIpc) is 3.37. The number of aliphatic carboxylic acids is 1. The fraction of sp³-hybridized carbons (Fsp3) is 0.0870. The van der Waals surface area contributed by atoms with Crippen LogP contribution in [-0.4, -0.2) is 37.2 Å². The van der Waals surface area contributed by atoms with E-state index >= 15 is 0 Å². The van der Waals surface area contributed by atoms with E-state index in [0.29, 0.717) is 17.1 Å². The van der Waals surface area contributed by atoms with Crippen molar-refractivity contribution >= 4 is 51.9 Å². The van der Waals surface area contributed by atoms with Gasteiger partial charge in [-0.15, -0.1) is 0 Å². The first-order valence-electron chi connectivity index (χ1n) is 9.72. The van der Waals surface area contributed by atoms with E-state index in [-0.39, 0.29) is 21.3 Å². The van der Waals surface area contributed by atoms with Gasteiger partial charge in [-0.1, -0.05) is 54.3 Å². The Morgan fingerprint density at radius 2 is 1.85 bits per heavy atom. The highest BCUT2D eigenvalue weighted by atomic mass is 32.2. The number of thioether (sulfide) groups is 1. The number of hydrogen-bond donors (Lipinski definition) is 1. The summed E-state index contributed by atoms with van der Waals surface area (Å²) in [6, 6.07) is 17.1. The summed E-state index contributed by atoms with van der Waals surface area (Å²) >= 11 is 6.33. The summed E-state index contributed by atoms with van der Waals surface area (Å²) in [5.74, 6) is -0.797. The molecule has 1 amide bonds. The molecule has 1 N–H and O–H groups in total. The number of amides is 1. The molecule has 1 aliphatic rings. The zero-order chi connectivity index (χ0) is 23.5. The van der Waals surface area contributed by atoms with Crippen molar-refractivity contribution in [3.05, 3.63) is 93.1 Å². The highest BCUT2D eigenvalue weighted by Crippen LogP contribution is 2.35. The maximum atomic E-state index is 13.0. The minimum Gasteiger partial charge on any atom is -0.480 e. The van der Waals surface area contributed by atoms with Crippen molar-refractivity contribution in [3.63, 3.8) is 0 Å². The minimum absolute atomic E-state index is 0.0299. The number of carbonyl (C=O) groups excluding carboxylic acids is 1. The molecule has 0 bridgehead atoms. The third-order valence-corrected chi connectivity index (χ3v) is 6.29. The molecule has 0 saturated carbocycles. The van der Waals surface area contributed by atoms with Gasteiger partial charge in [-0.05, 0) is 29.8 Å². The van der Waals surface area contributed by atoms with E-state index in [1.807, 2.05) is 6.07 Å². The van der Waals surface area contributed by atoms with Crippen LogP contribution in [0.15, 0.2) is 76.1 Å². The first kappa shape index (κ1) is 22.4. The van der Waals surface area contributed by atoms with Crippen LogP contribution in [0, 0.1) is 10.1 Å². The predicted octanol–water partition coefficient (Wildman–Crippen LogP) is 4.75. The number of nitrogens with zero attached hydrogens (tertiary/aromatic N) is 2. The number of benzene rings is 2. The average molecular weight is 481 g/mol. The number of carbonyl (C=O) groups is 2. The first-order chi connectivity index (χ1) is 15.8. The molecule has 1 fully saturated rings. The Bertz CT molecular complexity index is 1270. The van der Waals surface area contributed by atoms with Crippen LogP contribution >= 0.6 is 24.0 Å². The molecular formula is C23H16N2O6S2. The number of non-ortho nitro benzene ring substituents is 1. The van der Waals surface area contributed by atoms with Crippen molar-refractivity contribution in [1.29, 1.82) is 0 Å². The highest BCUT2D eigenvalue weighted by Gasteiger charge is 2.40. The summed E-state index contributed by atoms with van der Waals surface area (Å²) in [7, 11) is 0.